The van der Waals surface area contributed by atoms with E-state index in [2.05, 4.69) is 4.90 Å². The van der Waals surface area contributed by atoms with Crippen molar-refractivity contribution in [1.29, 1.82) is 0 Å². The van der Waals surface area contributed by atoms with Crippen LogP contribution in [-0.4, -0.2) is 59.2 Å². The fourth-order valence-corrected chi connectivity index (χ4v) is 2.01. The van der Waals surface area contributed by atoms with Crippen molar-refractivity contribution in [2.75, 3.05) is 26.3 Å². The molecule has 4 nitrogen and oxygen atoms in total. The molecule has 0 spiro atoms. The lowest BCUT2D eigenvalue weighted by Crippen LogP contribution is -2.40. The third kappa shape index (κ3) is 4.78. The van der Waals surface area contributed by atoms with E-state index < -0.39 is 6.10 Å². The van der Waals surface area contributed by atoms with Gasteiger partial charge in [-0.1, -0.05) is 0 Å². The standard InChI is InChI=1S/C12H25NO3/c1-12(2,3)16-9-11(15)7-13-6-4-5-10(13)8-14/h10-11,14-15H,4-9H2,1-3H3/t10-,11?/m1/s1. The predicted octanol–water partition coefficient (Wildman–Crippen LogP) is 0.619. The van der Waals surface area contributed by atoms with E-state index in [1.54, 1.807) is 0 Å². The van der Waals surface area contributed by atoms with Crippen LogP contribution >= 0.6 is 0 Å². The van der Waals surface area contributed by atoms with Crippen LogP contribution in [0.4, 0.5) is 0 Å². The summed E-state index contributed by atoms with van der Waals surface area (Å²) >= 11 is 0. The summed E-state index contributed by atoms with van der Waals surface area (Å²) in [6, 6.07) is 0.226. The lowest BCUT2D eigenvalue weighted by Gasteiger charge is -2.27. The smallest absolute Gasteiger partial charge is 0.0900 e. The molecule has 1 aliphatic heterocycles. The highest BCUT2D eigenvalue weighted by atomic mass is 16.5. The molecule has 1 fully saturated rings. The molecule has 0 aliphatic carbocycles. The van der Waals surface area contributed by atoms with E-state index in [-0.39, 0.29) is 18.2 Å². The SMILES string of the molecule is CC(C)(C)OCC(O)CN1CCC[C@@H]1CO. The van der Waals surface area contributed by atoms with E-state index in [1.165, 1.54) is 0 Å². The summed E-state index contributed by atoms with van der Waals surface area (Å²) in [7, 11) is 0. The summed E-state index contributed by atoms with van der Waals surface area (Å²) < 4.78 is 5.53. The Hall–Kier alpha value is -0.160. The normalized spacial score (nSPS) is 24.9. The average molecular weight is 231 g/mol. The van der Waals surface area contributed by atoms with Gasteiger partial charge in [-0.3, -0.25) is 4.90 Å². The van der Waals surface area contributed by atoms with Gasteiger partial charge in [-0.05, 0) is 40.2 Å². The molecule has 96 valence electrons. The van der Waals surface area contributed by atoms with E-state index in [0.717, 1.165) is 19.4 Å². The van der Waals surface area contributed by atoms with Crippen LogP contribution in [0.5, 0.6) is 0 Å². The minimum Gasteiger partial charge on any atom is -0.395 e. The molecule has 2 N–H and O–H groups in total. The first-order valence-electron chi connectivity index (χ1n) is 6.09. The fraction of sp³-hybridized carbons (Fsp3) is 1.00. The summed E-state index contributed by atoms with van der Waals surface area (Å²) in [5, 5.41) is 19.0. The van der Waals surface area contributed by atoms with Crippen molar-refractivity contribution in [2.24, 2.45) is 0 Å². The van der Waals surface area contributed by atoms with Gasteiger partial charge in [-0.25, -0.2) is 0 Å². The topological polar surface area (TPSA) is 52.9 Å². The van der Waals surface area contributed by atoms with Gasteiger partial charge in [0.2, 0.25) is 0 Å². The van der Waals surface area contributed by atoms with Crippen LogP contribution in [-0.2, 0) is 4.74 Å². The maximum atomic E-state index is 9.84. The molecule has 1 heterocycles. The van der Waals surface area contributed by atoms with Crippen LogP contribution in [0, 0.1) is 0 Å². The van der Waals surface area contributed by atoms with Crippen molar-refractivity contribution < 1.29 is 14.9 Å². The van der Waals surface area contributed by atoms with E-state index >= 15 is 0 Å². The first kappa shape index (κ1) is 13.9. The molecule has 0 bridgehead atoms. The summed E-state index contributed by atoms with van der Waals surface area (Å²) in [5.74, 6) is 0. The minimum atomic E-state index is -0.466. The molecule has 1 saturated heterocycles. The van der Waals surface area contributed by atoms with Crippen LogP contribution in [0.1, 0.15) is 33.6 Å². The average Bonchev–Trinajstić information content (AvgIpc) is 2.61. The molecule has 4 heteroatoms. The number of hydrogen-bond acceptors (Lipinski definition) is 4. The second-order valence-electron chi connectivity index (χ2n) is 5.55. The van der Waals surface area contributed by atoms with Crippen molar-refractivity contribution in [2.45, 2.75) is 51.4 Å². The van der Waals surface area contributed by atoms with Crippen molar-refractivity contribution in [3.63, 3.8) is 0 Å². The van der Waals surface area contributed by atoms with Crippen molar-refractivity contribution >= 4 is 0 Å². The van der Waals surface area contributed by atoms with Gasteiger partial charge in [-0.15, -0.1) is 0 Å². The van der Waals surface area contributed by atoms with Gasteiger partial charge in [-0.2, -0.15) is 0 Å². The molecule has 1 unspecified atom stereocenters. The van der Waals surface area contributed by atoms with Crippen LogP contribution in [0.15, 0.2) is 0 Å². The van der Waals surface area contributed by atoms with Crippen LogP contribution in [0.2, 0.25) is 0 Å². The minimum absolute atomic E-state index is 0.187. The summed E-state index contributed by atoms with van der Waals surface area (Å²) in [6.07, 6.45) is 1.67. The van der Waals surface area contributed by atoms with Crippen LogP contribution < -0.4 is 0 Å². The van der Waals surface area contributed by atoms with E-state index in [1.807, 2.05) is 20.8 Å². The van der Waals surface area contributed by atoms with Crippen molar-refractivity contribution in [3.8, 4) is 0 Å². The van der Waals surface area contributed by atoms with Gasteiger partial charge >= 0.3 is 0 Å². The van der Waals surface area contributed by atoms with E-state index in [9.17, 15) is 5.11 Å². The first-order chi connectivity index (χ1) is 7.42. The second-order valence-corrected chi connectivity index (χ2v) is 5.55. The van der Waals surface area contributed by atoms with Gasteiger partial charge < -0.3 is 14.9 Å². The highest BCUT2D eigenvalue weighted by molar-refractivity contribution is 4.80. The Morgan fingerprint density at radius 2 is 2.12 bits per heavy atom. The number of aliphatic hydroxyl groups excluding tert-OH is 2. The summed E-state index contributed by atoms with van der Waals surface area (Å²) in [6.45, 7) is 8.05. The molecule has 0 aromatic rings. The Balaban J connectivity index is 2.25. The number of rotatable bonds is 5. The lowest BCUT2D eigenvalue weighted by atomic mass is 10.2. The molecular formula is C12H25NO3. The van der Waals surface area contributed by atoms with Gasteiger partial charge in [0.1, 0.15) is 0 Å². The Bertz CT molecular complexity index is 203. The van der Waals surface area contributed by atoms with Gasteiger partial charge in [0.05, 0.1) is 24.9 Å². The monoisotopic (exact) mass is 231 g/mol. The zero-order valence-electron chi connectivity index (χ0n) is 10.6. The number of aliphatic hydroxyl groups is 2. The van der Waals surface area contributed by atoms with Gasteiger partial charge in [0.25, 0.3) is 0 Å². The molecule has 0 radical (unpaired) electrons. The van der Waals surface area contributed by atoms with E-state index in [4.69, 9.17) is 9.84 Å². The molecule has 1 rings (SSSR count). The van der Waals surface area contributed by atoms with Crippen LogP contribution in [0.25, 0.3) is 0 Å². The summed E-state index contributed by atoms with van der Waals surface area (Å²) in [4.78, 5) is 2.15. The fourth-order valence-electron chi connectivity index (χ4n) is 2.01. The highest BCUT2D eigenvalue weighted by Gasteiger charge is 2.26. The third-order valence-electron chi connectivity index (χ3n) is 2.86. The first-order valence-corrected chi connectivity index (χ1v) is 6.09. The highest BCUT2D eigenvalue weighted by Crippen LogP contribution is 2.17. The van der Waals surface area contributed by atoms with E-state index in [0.29, 0.717) is 13.2 Å². The largest absolute Gasteiger partial charge is 0.395 e. The lowest BCUT2D eigenvalue weighted by molar-refractivity contribution is -0.0579. The van der Waals surface area contributed by atoms with Crippen LogP contribution in [0.3, 0.4) is 0 Å². The molecule has 1 aliphatic rings. The molecule has 0 saturated carbocycles. The Kier molecular flexibility index (Phi) is 5.18. The third-order valence-corrected chi connectivity index (χ3v) is 2.86. The number of β-amino-alcohol motifs (C(OH)–C–C–N with tert-alkyl or cyclic N) is 1. The van der Waals surface area contributed by atoms with Gasteiger partial charge in [0, 0.05) is 12.6 Å². The maximum absolute atomic E-state index is 9.84. The number of nitrogens with zero attached hydrogens (tertiary/aromatic N) is 1. The zero-order chi connectivity index (χ0) is 12.2. The number of likely N-dealkylation sites (tertiary alicyclic amines) is 1. The maximum Gasteiger partial charge on any atom is 0.0900 e. The molecule has 0 amide bonds. The molecule has 2 atom stereocenters. The van der Waals surface area contributed by atoms with Gasteiger partial charge in [0.15, 0.2) is 0 Å². The second kappa shape index (κ2) is 5.96. The predicted molar refractivity (Wildman–Crippen MR) is 63.4 cm³/mol. The zero-order valence-corrected chi connectivity index (χ0v) is 10.6. The van der Waals surface area contributed by atoms with Crippen molar-refractivity contribution in [3.05, 3.63) is 0 Å². The molecular weight excluding hydrogens is 206 g/mol. The number of ether oxygens (including phenoxy) is 1. The number of hydrogen-bond donors (Lipinski definition) is 2. The van der Waals surface area contributed by atoms with Crippen molar-refractivity contribution in [1.82, 2.24) is 4.90 Å². The Morgan fingerprint density at radius 1 is 1.44 bits per heavy atom. The summed E-state index contributed by atoms with van der Waals surface area (Å²) in [5.41, 5.74) is -0.206. The Morgan fingerprint density at radius 3 is 2.69 bits per heavy atom. The Labute approximate surface area is 98.2 Å². The molecule has 0 aromatic carbocycles. The molecule has 16 heavy (non-hydrogen) atoms. The molecule has 0 aromatic heterocycles. The quantitative estimate of drug-likeness (QED) is 0.728.